The summed E-state index contributed by atoms with van der Waals surface area (Å²) in [6.45, 7) is 1.13. The molecule has 1 heterocycles. The molecule has 1 fully saturated rings. The lowest BCUT2D eigenvalue weighted by atomic mass is 10.00. The van der Waals surface area contributed by atoms with E-state index in [0.29, 0.717) is 24.0 Å². The van der Waals surface area contributed by atoms with Crippen molar-refractivity contribution in [1.82, 2.24) is 0 Å². The number of rotatable bonds is 12. The summed E-state index contributed by atoms with van der Waals surface area (Å²) in [7, 11) is 2.75. The van der Waals surface area contributed by atoms with Crippen molar-refractivity contribution in [3.05, 3.63) is 41.5 Å². The molecule has 0 aromatic heterocycles. The summed E-state index contributed by atoms with van der Waals surface area (Å²) in [4.78, 5) is 0. The molecule has 0 spiro atoms. The van der Waals surface area contributed by atoms with Crippen LogP contribution in [0.4, 0.5) is 0 Å². The first-order valence-electron chi connectivity index (χ1n) is 12.1. The van der Waals surface area contributed by atoms with Gasteiger partial charge in [-0.25, -0.2) is 0 Å². The molecule has 38 heavy (non-hydrogen) atoms. The molecule has 7 atom stereocenters. The molecule has 1 saturated heterocycles. The molecule has 0 unspecified atom stereocenters. The number of phenols is 2. The first-order valence-corrected chi connectivity index (χ1v) is 12.1. The highest BCUT2D eigenvalue weighted by Gasteiger charge is 2.42. The average Bonchev–Trinajstić information content (AvgIpc) is 2.91. The van der Waals surface area contributed by atoms with Gasteiger partial charge in [-0.3, -0.25) is 0 Å². The maximum atomic E-state index is 10.8. The van der Waals surface area contributed by atoms with E-state index >= 15 is 0 Å². The van der Waals surface area contributed by atoms with Gasteiger partial charge in [0, 0.05) is 0 Å². The van der Waals surface area contributed by atoms with E-state index < -0.39 is 49.5 Å². The third-order valence-corrected chi connectivity index (χ3v) is 6.36. The monoisotopic (exact) mass is 540 g/mol. The predicted molar refractivity (Wildman–Crippen MR) is 132 cm³/mol. The summed E-state index contributed by atoms with van der Waals surface area (Å²) in [5, 5.41) is 70.7. The van der Waals surface area contributed by atoms with Gasteiger partial charge in [-0.2, -0.15) is 0 Å². The summed E-state index contributed by atoms with van der Waals surface area (Å²) in [6.07, 6.45) is -7.37. The molecule has 2 aromatic rings. The molecule has 0 aliphatic carbocycles. The lowest BCUT2D eigenvalue weighted by Gasteiger charge is -2.38. The fraction of sp³-hybridized carbons (Fsp3) is 0.538. The maximum absolute atomic E-state index is 10.8. The number of methoxy groups -OCH3 is 2. The quantitative estimate of drug-likeness (QED) is 0.184. The molecule has 3 rings (SSSR count). The van der Waals surface area contributed by atoms with Crippen LogP contribution in [0.25, 0.3) is 0 Å². The number of hydrogen-bond acceptors (Lipinski definition) is 12. The predicted octanol–water partition coefficient (Wildman–Crippen LogP) is 0.365. The van der Waals surface area contributed by atoms with Crippen molar-refractivity contribution < 1.29 is 59.4 Å². The Morgan fingerprint density at radius 3 is 2.29 bits per heavy atom. The molecule has 7 N–H and O–H groups in total. The number of aryl methyl sites for hydroxylation is 1. The van der Waals surface area contributed by atoms with E-state index in [0.717, 1.165) is 0 Å². The van der Waals surface area contributed by atoms with E-state index in [1.807, 2.05) is 0 Å². The van der Waals surface area contributed by atoms with E-state index in [9.17, 15) is 35.7 Å². The van der Waals surface area contributed by atoms with Crippen molar-refractivity contribution in [2.24, 2.45) is 0 Å². The highest BCUT2D eigenvalue weighted by molar-refractivity contribution is 5.53. The van der Waals surface area contributed by atoms with Gasteiger partial charge < -0.3 is 59.4 Å². The number of hydrogen-bond donors (Lipinski definition) is 7. The van der Waals surface area contributed by atoms with Crippen LogP contribution in [0.2, 0.25) is 0 Å². The van der Waals surface area contributed by atoms with Crippen LogP contribution in [-0.2, 0) is 15.9 Å². The zero-order chi connectivity index (χ0) is 28.0. The Labute approximate surface area is 220 Å². The summed E-state index contributed by atoms with van der Waals surface area (Å²) >= 11 is 0. The highest BCUT2D eigenvalue weighted by Crippen LogP contribution is 2.40. The average molecular weight is 541 g/mol. The van der Waals surface area contributed by atoms with E-state index in [-0.39, 0.29) is 35.4 Å². The molecular formula is C26H36O12. The Morgan fingerprint density at radius 1 is 0.921 bits per heavy atom. The molecule has 1 aliphatic heterocycles. The smallest absolute Gasteiger partial charge is 0.203 e. The molecular weight excluding hydrogens is 504 g/mol. The maximum Gasteiger partial charge on any atom is 0.203 e. The number of ether oxygens (including phenoxy) is 5. The summed E-state index contributed by atoms with van der Waals surface area (Å²) in [5.41, 5.74) is 0.992. The van der Waals surface area contributed by atoms with Gasteiger partial charge in [0.2, 0.25) is 5.75 Å². The summed E-state index contributed by atoms with van der Waals surface area (Å²) in [5.74, 6) is -0.145. The van der Waals surface area contributed by atoms with Crippen molar-refractivity contribution in [1.29, 1.82) is 0 Å². The molecule has 212 valence electrons. The van der Waals surface area contributed by atoms with Gasteiger partial charge in [0.15, 0.2) is 35.4 Å². The molecule has 2 aromatic carbocycles. The molecule has 12 nitrogen and oxygen atoms in total. The minimum absolute atomic E-state index is 0.0726. The van der Waals surface area contributed by atoms with E-state index in [2.05, 4.69) is 0 Å². The van der Waals surface area contributed by atoms with Gasteiger partial charge in [-0.15, -0.1) is 0 Å². The molecule has 0 saturated carbocycles. The van der Waals surface area contributed by atoms with Crippen molar-refractivity contribution in [3.8, 4) is 28.7 Å². The lowest BCUT2D eigenvalue weighted by molar-refractivity contribution is -0.293. The van der Waals surface area contributed by atoms with Crippen LogP contribution in [0.3, 0.4) is 0 Å². The third-order valence-electron chi connectivity index (χ3n) is 6.36. The lowest BCUT2D eigenvalue weighted by Crippen LogP contribution is -2.57. The van der Waals surface area contributed by atoms with Crippen LogP contribution < -0.4 is 14.2 Å². The molecule has 0 radical (unpaired) electrons. The van der Waals surface area contributed by atoms with Crippen LogP contribution in [0.5, 0.6) is 28.7 Å². The SMILES string of the molecule is COc1cc([C@@H](O)[C@@H](CO)Oc2c(O)cc(CCCO[C@@H]3O[C@@H](C)[C@@H](O)[C@@H](O)[C@H]3O)cc2OC)ccc1O. The van der Waals surface area contributed by atoms with Crippen LogP contribution in [-0.4, -0.2) is 100.0 Å². The van der Waals surface area contributed by atoms with Gasteiger partial charge >= 0.3 is 0 Å². The largest absolute Gasteiger partial charge is 0.504 e. The van der Waals surface area contributed by atoms with Crippen LogP contribution >= 0.6 is 0 Å². The van der Waals surface area contributed by atoms with Crippen molar-refractivity contribution in [3.63, 3.8) is 0 Å². The van der Waals surface area contributed by atoms with Crippen LogP contribution in [0, 0.1) is 0 Å². The second kappa shape index (κ2) is 13.3. The Bertz CT molecular complexity index is 1050. The van der Waals surface area contributed by atoms with Crippen molar-refractivity contribution >= 4 is 0 Å². The second-order valence-electron chi connectivity index (χ2n) is 9.02. The van der Waals surface area contributed by atoms with Gasteiger partial charge in [0.25, 0.3) is 0 Å². The summed E-state index contributed by atoms with van der Waals surface area (Å²) < 4.78 is 27.1. The van der Waals surface area contributed by atoms with Crippen LogP contribution in [0.1, 0.15) is 30.6 Å². The minimum Gasteiger partial charge on any atom is -0.504 e. The molecule has 1 aliphatic rings. The highest BCUT2D eigenvalue weighted by atomic mass is 16.7. The van der Waals surface area contributed by atoms with Crippen molar-refractivity contribution in [2.45, 2.75) is 62.7 Å². The fourth-order valence-corrected chi connectivity index (χ4v) is 4.13. The Hall–Kier alpha value is -2.84. The summed E-state index contributed by atoms with van der Waals surface area (Å²) in [6, 6.07) is 7.30. The Morgan fingerprint density at radius 2 is 1.63 bits per heavy atom. The normalized spacial score (nSPS) is 25.0. The third kappa shape index (κ3) is 6.77. The van der Waals surface area contributed by atoms with E-state index in [1.54, 1.807) is 13.0 Å². The zero-order valence-electron chi connectivity index (χ0n) is 21.4. The van der Waals surface area contributed by atoms with Gasteiger partial charge in [0.05, 0.1) is 33.5 Å². The van der Waals surface area contributed by atoms with Crippen LogP contribution in [0.15, 0.2) is 30.3 Å². The van der Waals surface area contributed by atoms with E-state index in [4.69, 9.17) is 23.7 Å². The Kier molecular flexibility index (Phi) is 10.4. The Balaban J connectivity index is 1.63. The topological polar surface area (TPSA) is 188 Å². The number of aliphatic hydroxyl groups is 5. The number of benzene rings is 2. The first-order chi connectivity index (χ1) is 18.1. The standard InChI is InChI=1S/C26H36O12/c1-13-21(30)23(32)24(33)26(37-13)36-8-4-5-14-9-17(29)25(19(10-14)35-3)38-20(12-27)22(31)15-6-7-16(28)18(11-15)34-2/h6-7,9-11,13,20-24,26-33H,4-5,8,12H2,1-3H3/t13-,20+,21+,22+,23+,24+,26+/m0/s1. The van der Waals surface area contributed by atoms with Gasteiger partial charge in [0.1, 0.15) is 24.4 Å². The van der Waals surface area contributed by atoms with E-state index in [1.165, 1.54) is 38.5 Å². The number of aromatic hydroxyl groups is 2. The molecule has 0 amide bonds. The van der Waals surface area contributed by atoms with Crippen molar-refractivity contribution in [2.75, 3.05) is 27.4 Å². The molecule has 0 bridgehead atoms. The van der Waals surface area contributed by atoms with Gasteiger partial charge in [-0.05, 0) is 55.2 Å². The first kappa shape index (κ1) is 29.7. The molecule has 12 heteroatoms. The fourth-order valence-electron chi connectivity index (χ4n) is 4.13. The minimum atomic E-state index is -1.39. The van der Waals surface area contributed by atoms with Gasteiger partial charge in [-0.1, -0.05) is 6.07 Å². The zero-order valence-corrected chi connectivity index (χ0v) is 21.4. The number of aliphatic hydroxyl groups excluding tert-OH is 5. The number of phenolic OH excluding ortho intramolecular Hbond substituents is 2. The second-order valence-corrected chi connectivity index (χ2v) is 9.02.